The molecule has 0 aromatic heterocycles. The zero-order chi connectivity index (χ0) is 13.2. The molecule has 6 heteroatoms. The van der Waals surface area contributed by atoms with Gasteiger partial charge in [-0.15, -0.1) is 0 Å². The molecule has 0 aliphatic rings. The van der Waals surface area contributed by atoms with Crippen molar-refractivity contribution in [1.82, 2.24) is 0 Å². The minimum absolute atomic E-state index is 0.0599. The lowest BCUT2D eigenvalue weighted by Crippen LogP contribution is -2.11. The van der Waals surface area contributed by atoms with E-state index in [1.165, 1.54) is 13.0 Å². The highest BCUT2D eigenvalue weighted by Crippen LogP contribution is 2.34. The molecule has 0 bridgehead atoms. The summed E-state index contributed by atoms with van der Waals surface area (Å²) in [7, 11) is 0. The molecule has 0 atom stereocenters. The lowest BCUT2D eigenvalue weighted by molar-refractivity contribution is -0.138. The molecule has 0 unspecified atom stereocenters. The van der Waals surface area contributed by atoms with Crippen molar-refractivity contribution in [2.75, 3.05) is 0 Å². The van der Waals surface area contributed by atoms with Crippen molar-refractivity contribution in [3.63, 3.8) is 0 Å². The van der Waals surface area contributed by atoms with E-state index >= 15 is 0 Å². The molecule has 1 N–H and O–H groups in total. The van der Waals surface area contributed by atoms with Crippen LogP contribution in [0.3, 0.4) is 0 Å². The molecule has 1 rings (SSSR count). The highest BCUT2D eigenvalue weighted by molar-refractivity contribution is 5.71. The van der Waals surface area contributed by atoms with Crippen LogP contribution in [-0.2, 0) is 17.4 Å². The van der Waals surface area contributed by atoms with Crippen molar-refractivity contribution in [1.29, 1.82) is 5.26 Å². The number of rotatable bonds is 2. The molecule has 3 nitrogen and oxygen atoms in total. The largest absolute Gasteiger partial charge is 0.481 e. The van der Waals surface area contributed by atoms with Gasteiger partial charge >= 0.3 is 12.1 Å². The standard InChI is InChI=1S/C11H8F3NO2/c1-6-7(4-10(16)17)2-3-9(8(6)5-15)11(12,13)14/h2-3H,4H2,1H3,(H,16,17). The highest BCUT2D eigenvalue weighted by Gasteiger charge is 2.34. The zero-order valence-corrected chi connectivity index (χ0v) is 8.80. The number of halogens is 3. The van der Waals surface area contributed by atoms with Crippen LogP contribution in [0.5, 0.6) is 0 Å². The number of carboxylic acids is 1. The molecule has 0 saturated heterocycles. The number of hydrogen-bond donors (Lipinski definition) is 1. The molecule has 1 aromatic carbocycles. The van der Waals surface area contributed by atoms with Crippen LogP contribution in [0, 0.1) is 18.3 Å². The summed E-state index contributed by atoms with van der Waals surface area (Å²) >= 11 is 0. The van der Waals surface area contributed by atoms with Gasteiger partial charge in [0.1, 0.15) is 6.07 Å². The van der Waals surface area contributed by atoms with Crippen LogP contribution >= 0.6 is 0 Å². The second-order valence-corrected chi connectivity index (χ2v) is 3.45. The fraction of sp³-hybridized carbons (Fsp3) is 0.273. The van der Waals surface area contributed by atoms with E-state index in [1.807, 2.05) is 0 Å². The van der Waals surface area contributed by atoms with Crippen molar-refractivity contribution in [2.45, 2.75) is 19.5 Å². The molecule has 0 aliphatic heterocycles. The van der Waals surface area contributed by atoms with Crippen molar-refractivity contribution in [3.05, 3.63) is 34.4 Å². The van der Waals surface area contributed by atoms with Gasteiger partial charge in [-0.3, -0.25) is 4.79 Å². The Morgan fingerprint density at radius 1 is 1.47 bits per heavy atom. The Bertz CT molecular complexity index is 501. The Morgan fingerprint density at radius 2 is 2.06 bits per heavy atom. The van der Waals surface area contributed by atoms with Gasteiger partial charge in [-0.2, -0.15) is 18.4 Å². The monoisotopic (exact) mass is 243 g/mol. The topological polar surface area (TPSA) is 61.1 Å². The third-order valence-electron chi connectivity index (χ3n) is 2.34. The molecule has 1 aromatic rings. The molecule has 0 saturated carbocycles. The lowest BCUT2D eigenvalue weighted by Gasteiger charge is -2.12. The number of alkyl halides is 3. The summed E-state index contributed by atoms with van der Waals surface area (Å²) in [5.74, 6) is -1.16. The van der Waals surface area contributed by atoms with E-state index in [4.69, 9.17) is 10.4 Å². The number of nitrogens with zero attached hydrogens (tertiary/aromatic N) is 1. The first-order valence-electron chi connectivity index (χ1n) is 4.59. The van der Waals surface area contributed by atoms with Crippen LogP contribution in [0.15, 0.2) is 12.1 Å². The Hall–Kier alpha value is -2.03. The van der Waals surface area contributed by atoms with Gasteiger partial charge in [0.2, 0.25) is 0 Å². The summed E-state index contributed by atoms with van der Waals surface area (Å²) in [6, 6.07) is 3.30. The Morgan fingerprint density at radius 3 is 2.47 bits per heavy atom. The Balaban J connectivity index is 3.39. The second-order valence-electron chi connectivity index (χ2n) is 3.45. The first-order valence-corrected chi connectivity index (χ1v) is 4.59. The quantitative estimate of drug-likeness (QED) is 0.868. The van der Waals surface area contributed by atoms with E-state index in [-0.39, 0.29) is 11.1 Å². The van der Waals surface area contributed by atoms with Gasteiger partial charge in [0.25, 0.3) is 0 Å². The van der Waals surface area contributed by atoms with E-state index in [0.717, 1.165) is 12.1 Å². The highest BCUT2D eigenvalue weighted by atomic mass is 19.4. The zero-order valence-electron chi connectivity index (χ0n) is 8.80. The third kappa shape index (κ3) is 2.75. The number of hydrogen-bond acceptors (Lipinski definition) is 2. The molecule has 0 amide bonds. The second kappa shape index (κ2) is 4.45. The first kappa shape index (κ1) is 13.0. The maximum absolute atomic E-state index is 12.5. The number of carboxylic acid groups (broad SMARTS) is 1. The Kier molecular flexibility index (Phi) is 3.42. The van der Waals surface area contributed by atoms with E-state index in [2.05, 4.69) is 0 Å². The van der Waals surface area contributed by atoms with Crippen LogP contribution in [0.4, 0.5) is 13.2 Å². The number of benzene rings is 1. The number of aliphatic carboxylic acids is 1. The van der Waals surface area contributed by atoms with Crippen molar-refractivity contribution in [2.24, 2.45) is 0 Å². The maximum atomic E-state index is 12.5. The fourth-order valence-electron chi connectivity index (χ4n) is 1.49. The number of carbonyl (C=O) groups is 1. The van der Waals surface area contributed by atoms with Gasteiger partial charge < -0.3 is 5.11 Å². The molecule has 17 heavy (non-hydrogen) atoms. The molecule has 90 valence electrons. The van der Waals surface area contributed by atoms with Crippen molar-refractivity contribution < 1.29 is 23.1 Å². The molecule has 0 fully saturated rings. The first-order chi connectivity index (χ1) is 7.77. The smallest absolute Gasteiger partial charge is 0.417 e. The van der Waals surface area contributed by atoms with Gasteiger partial charge in [0.15, 0.2) is 0 Å². The molecule has 0 aliphatic carbocycles. The third-order valence-corrected chi connectivity index (χ3v) is 2.34. The summed E-state index contributed by atoms with van der Waals surface area (Å²) in [5, 5.41) is 17.3. The van der Waals surface area contributed by atoms with Gasteiger partial charge in [0, 0.05) is 0 Å². The fourth-order valence-corrected chi connectivity index (χ4v) is 1.49. The van der Waals surface area contributed by atoms with Gasteiger partial charge in [-0.25, -0.2) is 0 Å². The summed E-state index contributed by atoms with van der Waals surface area (Å²) in [5.41, 5.74) is -1.28. The maximum Gasteiger partial charge on any atom is 0.417 e. The summed E-state index contributed by atoms with van der Waals surface area (Å²) in [6.45, 7) is 1.31. The SMILES string of the molecule is Cc1c(CC(=O)O)ccc(C(F)(F)F)c1C#N. The van der Waals surface area contributed by atoms with Gasteiger partial charge in [0.05, 0.1) is 17.5 Å². The molecule has 0 spiro atoms. The average molecular weight is 243 g/mol. The van der Waals surface area contributed by atoms with Crippen LogP contribution in [0.25, 0.3) is 0 Å². The van der Waals surface area contributed by atoms with Crippen molar-refractivity contribution in [3.8, 4) is 6.07 Å². The van der Waals surface area contributed by atoms with E-state index in [1.54, 1.807) is 0 Å². The minimum atomic E-state index is -4.61. The van der Waals surface area contributed by atoms with E-state index in [9.17, 15) is 18.0 Å². The number of nitriles is 1. The van der Waals surface area contributed by atoms with Crippen LogP contribution < -0.4 is 0 Å². The summed E-state index contributed by atoms with van der Waals surface area (Å²) in [4.78, 5) is 10.5. The average Bonchev–Trinajstić information content (AvgIpc) is 2.18. The van der Waals surface area contributed by atoms with Gasteiger partial charge in [-0.1, -0.05) is 6.07 Å². The lowest BCUT2D eigenvalue weighted by atomic mass is 9.96. The molecular formula is C11H8F3NO2. The minimum Gasteiger partial charge on any atom is -0.481 e. The molecule has 0 heterocycles. The Labute approximate surface area is 95.1 Å². The molecule has 0 radical (unpaired) electrons. The van der Waals surface area contributed by atoms with E-state index in [0.29, 0.717) is 0 Å². The predicted octanol–water partition coefficient (Wildman–Crippen LogP) is 2.51. The predicted molar refractivity (Wildman–Crippen MR) is 52.2 cm³/mol. The van der Waals surface area contributed by atoms with Gasteiger partial charge in [-0.05, 0) is 24.1 Å². The van der Waals surface area contributed by atoms with Crippen LogP contribution in [0.1, 0.15) is 22.3 Å². The summed E-state index contributed by atoms with van der Waals surface area (Å²) in [6.07, 6.45) is -5.02. The van der Waals surface area contributed by atoms with Crippen molar-refractivity contribution >= 4 is 5.97 Å². The van der Waals surface area contributed by atoms with Crippen LogP contribution in [0.2, 0.25) is 0 Å². The summed E-state index contributed by atoms with van der Waals surface area (Å²) < 4.78 is 37.6. The normalized spacial score (nSPS) is 11.0. The van der Waals surface area contributed by atoms with E-state index < -0.39 is 29.7 Å². The van der Waals surface area contributed by atoms with Crippen LogP contribution in [-0.4, -0.2) is 11.1 Å². The molecular weight excluding hydrogens is 235 g/mol.